The highest BCUT2D eigenvalue weighted by Crippen LogP contribution is 2.54. The lowest BCUT2D eigenvalue weighted by atomic mass is 9.51. The van der Waals surface area contributed by atoms with Crippen molar-refractivity contribution in [1.29, 1.82) is 0 Å². The molecule has 1 rings (SSSR count). The highest BCUT2D eigenvalue weighted by molar-refractivity contribution is 5.03. The summed E-state index contributed by atoms with van der Waals surface area (Å²) in [7, 11) is 0. The Kier molecular flexibility index (Phi) is 3.39. The summed E-state index contributed by atoms with van der Waals surface area (Å²) in [5.41, 5.74) is 6.59. The molecule has 0 radical (unpaired) electrons. The summed E-state index contributed by atoms with van der Waals surface area (Å²) in [5, 5.41) is 0. The van der Waals surface area contributed by atoms with Crippen molar-refractivity contribution < 1.29 is 0 Å². The molecular weight excluding hydrogens is 158 g/mol. The molecule has 0 aromatic heterocycles. The van der Waals surface area contributed by atoms with Crippen molar-refractivity contribution in [3.05, 3.63) is 0 Å². The Bertz CT molecular complexity index is 167. The Labute approximate surface area is 83.1 Å². The minimum atomic E-state index is 0.472. The van der Waals surface area contributed by atoms with Gasteiger partial charge in [-0.1, -0.05) is 40.5 Å². The van der Waals surface area contributed by atoms with Crippen molar-refractivity contribution in [3.63, 3.8) is 0 Å². The van der Waals surface area contributed by atoms with E-state index < -0.39 is 0 Å². The first kappa shape index (κ1) is 11.0. The third kappa shape index (κ3) is 1.63. The molecule has 1 nitrogen and oxygen atoms in total. The number of hydrogen-bond donors (Lipinski definition) is 1. The number of nitrogens with two attached hydrogens (primary N) is 1. The first-order chi connectivity index (χ1) is 6.08. The van der Waals surface area contributed by atoms with E-state index in [1.54, 1.807) is 0 Å². The summed E-state index contributed by atoms with van der Waals surface area (Å²) < 4.78 is 0. The van der Waals surface area contributed by atoms with Gasteiger partial charge in [-0.05, 0) is 30.1 Å². The predicted octanol–water partition coefficient (Wildman–Crippen LogP) is 3.19. The largest absolute Gasteiger partial charge is 0.327 e. The second kappa shape index (κ2) is 4.00. The monoisotopic (exact) mass is 183 g/mol. The third-order valence-electron chi connectivity index (χ3n) is 4.53. The second-order valence-corrected chi connectivity index (χ2v) is 4.93. The zero-order valence-electron chi connectivity index (χ0n) is 9.64. The van der Waals surface area contributed by atoms with Gasteiger partial charge >= 0.3 is 0 Å². The molecule has 4 atom stereocenters. The van der Waals surface area contributed by atoms with Crippen LogP contribution in [0.2, 0.25) is 0 Å². The smallest absolute Gasteiger partial charge is 0.00754 e. The Morgan fingerprint density at radius 1 is 1.46 bits per heavy atom. The molecule has 0 aromatic rings. The van der Waals surface area contributed by atoms with Gasteiger partial charge in [0, 0.05) is 6.04 Å². The van der Waals surface area contributed by atoms with Crippen LogP contribution in [0.25, 0.3) is 0 Å². The fourth-order valence-corrected chi connectivity index (χ4v) is 3.25. The zero-order valence-corrected chi connectivity index (χ0v) is 9.64. The summed E-state index contributed by atoms with van der Waals surface area (Å²) in [6.07, 6.45) is 5.24. The maximum Gasteiger partial charge on any atom is 0.00754 e. The van der Waals surface area contributed by atoms with Crippen molar-refractivity contribution >= 4 is 0 Å². The maximum absolute atomic E-state index is 6.01. The van der Waals surface area contributed by atoms with Crippen LogP contribution in [0.4, 0.5) is 0 Å². The maximum atomic E-state index is 6.01. The number of rotatable bonds is 4. The van der Waals surface area contributed by atoms with E-state index in [2.05, 4.69) is 27.7 Å². The highest BCUT2D eigenvalue weighted by Gasteiger charge is 2.50. The first-order valence-corrected chi connectivity index (χ1v) is 5.84. The van der Waals surface area contributed by atoms with Crippen LogP contribution < -0.4 is 5.73 Å². The Morgan fingerprint density at radius 3 is 2.38 bits per heavy atom. The van der Waals surface area contributed by atoms with Crippen LogP contribution in [0, 0.1) is 17.3 Å². The molecule has 1 saturated carbocycles. The molecule has 0 aromatic carbocycles. The second-order valence-electron chi connectivity index (χ2n) is 4.93. The minimum Gasteiger partial charge on any atom is -0.327 e. The van der Waals surface area contributed by atoms with Gasteiger partial charge in [0.1, 0.15) is 0 Å². The van der Waals surface area contributed by atoms with E-state index in [4.69, 9.17) is 5.73 Å². The van der Waals surface area contributed by atoms with Crippen LogP contribution in [0.1, 0.15) is 53.4 Å². The van der Waals surface area contributed by atoms with Crippen LogP contribution in [0.15, 0.2) is 0 Å². The molecule has 1 heteroatoms. The molecular formula is C12H25N. The van der Waals surface area contributed by atoms with Crippen LogP contribution in [0.5, 0.6) is 0 Å². The van der Waals surface area contributed by atoms with Crippen molar-refractivity contribution in [2.24, 2.45) is 23.0 Å². The average Bonchev–Trinajstić information content (AvgIpc) is 2.13. The lowest BCUT2D eigenvalue weighted by Gasteiger charge is -2.56. The predicted molar refractivity (Wildman–Crippen MR) is 58.6 cm³/mol. The van der Waals surface area contributed by atoms with Crippen LogP contribution in [-0.2, 0) is 0 Å². The van der Waals surface area contributed by atoms with Gasteiger partial charge < -0.3 is 5.73 Å². The molecule has 0 amide bonds. The van der Waals surface area contributed by atoms with E-state index in [1.165, 1.54) is 25.7 Å². The van der Waals surface area contributed by atoms with Crippen molar-refractivity contribution in [3.8, 4) is 0 Å². The summed E-state index contributed by atoms with van der Waals surface area (Å²) in [4.78, 5) is 0. The average molecular weight is 183 g/mol. The minimum absolute atomic E-state index is 0.472. The molecule has 0 saturated heterocycles. The molecule has 13 heavy (non-hydrogen) atoms. The Morgan fingerprint density at radius 2 is 2.08 bits per heavy atom. The van der Waals surface area contributed by atoms with E-state index in [9.17, 15) is 0 Å². The van der Waals surface area contributed by atoms with Crippen molar-refractivity contribution in [2.75, 3.05) is 0 Å². The van der Waals surface area contributed by atoms with Gasteiger partial charge in [0.2, 0.25) is 0 Å². The molecule has 0 bridgehead atoms. The lowest BCUT2D eigenvalue weighted by Crippen LogP contribution is -2.57. The van der Waals surface area contributed by atoms with Crippen LogP contribution in [0.3, 0.4) is 0 Å². The van der Waals surface area contributed by atoms with E-state index in [0.717, 1.165) is 11.8 Å². The van der Waals surface area contributed by atoms with Gasteiger partial charge in [0.05, 0.1) is 0 Å². The van der Waals surface area contributed by atoms with Gasteiger partial charge in [-0.15, -0.1) is 0 Å². The van der Waals surface area contributed by atoms with Crippen LogP contribution in [-0.4, -0.2) is 6.04 Å². The van der Waals surface area contributed by atoms with Gasteiger partial charge in [-0.2, -0.15) is 0 Å². The Balaban J connectivity index is 2.61. The standard InChI is InChI=1S/C12H25N/c1-5-7-9(3)12(6-2)8-11(13)10(12)4/h9-11H,5-8,13H2,1-4H3. The topological polar surface area (TPSA) is 26.0 Å². The summed E-state index contributed by atoms with van der Waals surface area (Å²) in [6, 6.07) is 0.472. The molecule has 78 valence electrons. The SMILES string of the molecule is CCCC(C)C1(CC)CC(N)C1C. The third-order valence-corrected chi connectivity index (χ3v) is 4.53. The van der Waals surface area contributed by atoms with Gasteiger partial charge in [0.15, 0.2) is 0 Å². The first-order valence-electron chi connectivity index (χ1n) is 5.84. The van der Waals surface area contributed by atoms with Crippen molar-refractivity contribution in [1.82, 2.24) is 0 Å². The van der Waals surface area contributed by atoms with E-state index in [-0.39, 0.29) is 0 Å². The molecule has 1 aliphatic carbocycles. The molecule has 0 spiro atoms. The summed E-state index contributed by atoms with van der Waals surface area (Å²) >= 11 is 0. The number of hydrogen-bond acceptors (Lipinski definition) is 1. The van der Waals surface area contributed by atoms with Crippen LogP contribution >= 0.6 is 0 Å². The zero-order chi connectivity index (χ0) is 10.1. The van der Waals surface area contributed by atoms with Crippen molar-refractivity contribution in [2.45, 2.75) is 59.4 Å². The highest BCUT2D eigenvalue weighted by atomic mass is 14.8. The van der Waals surface area contributed by atoms with Gasteiger partial charge in [0.25, 0.3) is 0 Å². The van der Waals surface area contributed by atoms with Gasteiger partial charge in [-0.25, -0.2) is 0 Å². The van der Waals surface area contributed by atoms with Gasteiger partial charge in [-0.3, -0.25) is 0 Å². The quantitative estimate of drug-likeness (QED) is 0.711. The van der Waals surface area contributed by atoms with E-state index in [0.29, 0.717) is 11.5 Å². The fourth-order valence-electron chi connectivity index (χ4n) is 3.25. The molecule has 0 heterocycles. The normalized spacial score (nSPS) is 41.3. The molecule has 1 fully saturated rings. The summed E-state index contributed by atoms with van der Waals surface area (Å²) in [6.45, 7) is 9.36. The molecule has 4 unspecified atom stereocenters. The Hall–Kier alpha value is -0.0400. The fraction of sp³-hybridized carbons (Fsp3) is 1.00. The summed E-state index contributed by atoms with van der Waals surface area (Å²) in [5.74, 6) is 1.59. The van der Waals surface area contributed by atoms with E-state index >= 15 is 0 Å². The van der Waals surface area contributed by atoms with E-state index in [1.807, 2.05) is 0 Å². The molecule has 1 aliphatic rings. The molecule has 2 N–H and O–H groups in total. The lowest BCUT2D eigenvalue weighted by molar-refractivity contribution is -0.0428. The molecule has 0 aliphatic heterocycles.